The fourth-order valence-corrected chi connectivity index (χ4v) is 1.28. The highest BCUT2D eigenvalue weighted by molar-refractivity contribution is 5.23. The quantitative estimate of drug-likeness (QED) is 0.758. The second-order valence-corrected chi connectivity index (χ2v) is 2.87. The van der Waals surface area contributed by atoms with Crippen LogP contribution in [0.2, 0.25) is 0 Å². The lowest BCUT2D eigenvalue weighted by molar-refractivity contribution is 0.707. The molecule has 1 heterocycles. The molecule has 68 valence electrons. The minimum atomic E-state index is -0.249. The molecule has 3 nitrogen and oxygen atoms in total. The van der Waals surface area contributed by atoms with E-state index in [1.165, 1.54) is 0 Å². The van der Waals surface area contributed by atoms with Crippen LogP contribution in [0.3, 0.4) is 0 Å². The van der Waals surface area contributed by atoms with Gasteiger partial charge in [-0.05, 0) is 18.1 Å². The molecule has 1 rings (SSSR count). The van der Waals surface area contributed by atoms with Crippen LogP contribution in [0.4, 0.5) is 0 Å². The van der Waals surface area contributed by atoms with Gasteiger partial charge < -0.3 is 5.73 Å². The summed E-state index contributed by atoms with van der Waals surface area (Å²) in [7, 11) is 0. The molecule has 0 aliphatic carbocycles. The Bertz CT molecular complexity index is 314. The second kappa shape index (κ2) is 4.58. The molecule has 0 saturated carbocycles. The van der Waals surface area contributed by atoms with Crippen molar-refractivity contribution in [3.8, 4) is 6.07 Å². The Labute approximate surface area is 78.2 Å². The lowest BCUT2D eigenvalue weighted by Crippen LogP contribution is -2.13. The number of nitriles is 1. The Hall–Kier alpha value is -1.40. The van der Waals surface area contributed by atoms with Gasteiger partial charge in [0.25, 0.3) is 0 Å². The molecular weight excluding hydrogens is 162 g/mol. The van der Waals surface area contributed by atoms with E-state index >= 15 is 0 Å². The van der Waals surface area contributed by atoms with Crippen LogP contribution in [0.15, 0.2) is 18.3 Å². The van der Waals surface area contributed by atoms with Crippen LogP contribution < -0.4 is 5.73 Å². The monoisotopic (exact) mass is 175 g/mol. The predicted octanol–water partition coefficient (Wildman–Crippen LogP) is 1.56. The van der Waals surface area contributed by atoms with Crippen molar-refractivity contribution in [3.63, 3.8) is 0 Å². The van der Waals surface area contributed by atoms with E-state index in [1.54, 1.807) is 6.20 Å². The van der Waals surface area contributed by atoms with Crippen LogP contribution in [-0.4, -0.2) is 4.98 Å². The van der Waals surface area contributed by atoms with Crippen molar-refractivity contribution in [2.24, 2.45) is 5.73 Å². The summed E-state index contributed by atoms with van der Waals surface area (Å²) in [5.74, 6) is 0. The molecule has 0 fully saturated rings. The first-order valence-electron chi connectivity index (χ1n) is 4.36. The van der Waals surface area contributed by atoms with E-state index in [4.69, 9.17) is 11.0 Å². The van der Waals surface area contributed by atoms with E-state index in [0.717, 1.165) is 17.7 Å². The molecule has 0 aromatic carbocycles. The lowest BCUT2D eigenvalue weighted by atomic mass is 10.0. The van der Waals surface area contributed by atoms with Crippen molar-refractivity contribution in [1.82, 2.24) is 4.98 Å². The van der Waals surface area contributed by atoms with Crippen molar-refractivity contribution < 1.29 is 0 Å². The van der Waals surface area contributed by atoms with Crippen molar-refractivity contribution in [2.75, 3.05) is 0 Å². The van der Waals surface area contributed by atoms with Crippen molar-refractivity contribution in [2.45, 2.75) is 25.8 Å². The van der Waals surface area contributed by atoms with Gasteiger partial charge in [0.05, 0.1) is 24.2 Å². The molecule has 3 heteroatoms. The average molecular weight is 175 g/mol. The third kappa shape index (κ3) is 2.27. The summed E-state index contributed by atoms with van der Waals surface area (Å²) in [5, 5.41) is 8.50. The normalized spacial score (nSPS) is 12.1. The molecule has 2 N–H and O–H groups in total. The van der Waals surface area contributed by atoms with Gasteiger partial charge in [0.1, 0.15) is 0 Å². The SMILES string of the molecule is CCc1cccnc1C(N)CC#N. The van der Waals surface area contributed by atoms with Crippen LogP contribution >= 0.6 is 0 Å². The van der Waals surface area contributed by atoms with Gasteiger partial charge in [0.2, 0.25) is 0 Å². The average Bonchev–Trinajstić information content (AvgIpc) is 2.18. The molecule has 0 radical (unpaired) electrons. The highest BCUT2D eigenvalue weighted by Crippen LogP contribution is 2.15. The molecule has 0 saturated heterocycles. The Morgan fingerprint density at radius 3 is 3.08 bits per heavy atom. The second-order valence-electron chi connectivity index (χ2n) is 2.87. The van der Waals surface area contributed by atoms with Gasteiger partial charge >= 0.3 is 0 Å². The Kier molecular flexibility index (Phi) is 3.41. The van der Waals surface area contributed by atoms with E-state index in [1.807, 2.05) is 12.1 Å². The highest BCUT2D eigenvalue weighted by atomic mass is 14.8. The molecule has 1 aromatic rings. The van der Waals surface area contributed by atoms with Gasteiger partial charge in [-0.15, -0.1) is 0 Å². The molecule has 0 aliphatic rings. The number of nitrogens with zero attached hydrogens (tertiary/aromatic N) is 2. The molecule has 1 aromatic heterocycles. The van der Waals surface area contributed by atoms with Crippen LogP contribution in [-0.2, 0) is 6.42 Å². The maximum atomic E-state index is 8.50. The van der Waals surface area contributed by atoms with Gasteiger partial charge in [-0.1, -0.05) is 13.0 Å². The molecular formula is C10H13N3. The first kappa shape index (κ1) is 9.69. The van der Waals surface area contributed by atoms with E-state index < -0.39 is 0 Å². The lowest BCUT2D eigenvalue weighted by Gasteiger charge is -2.10. The zero-order valence-electron chi connectivity index (χ0n) is 7.70. The number of aryl methyl sites for hydroxylation is 1. The van der Waals surface area contributed by atoms with Gasteiger partial charge in [-0.3, -0.25) is 4.98 Å². The Morgan fingerprint density at radius 2 is 2.46 bits per heavy atom. The van der Waals surface area contributed by atoms with Crippen molar-refractivity contribution in [1.29, 1.82) is 5.26 Å². The summed E-state index contributed by atoms with van der Waals surface area (Å²) >= 11 is 0. The number of aromatic nitrogens is 1. The number of nitrogens with two attached hydrogens (primary N) is 1. The maximum Gasteiger partial charge on any atom is 0.0642 e. The third-order valence-corrected chi connectivity index (χ3v) is 1.97. The number of hydrogen-bond acceptors (Lipinski definition) is 3. The summed E-state index contributed by atoms with van der Waals surface area (Å²) in [6.07, 6.45) is 2.94. The van der Waals surface area contributed by atoms with Crippen molar-refractivity contribution in [3.05, 3.63) is 29.6 Å². The fourth-order valence-electron chi connectivity index (χ4n) is 1.28. The Morgan fingerprint density at radius 1 is 1.69 bits per heavy atom. The molecule has 0 amide bonds. The van der Waals surface area contributed by atoms with Gasteiger partial charge in [-0.25, -0.2) is 0 Å². The van der Waals surface area contributed by atoms with Crippen molar-refractivity contribution >= 4 is 0 Å². The molecule has 0 spiro atoms. The molecule has 1 unspecified atom stereocenters. The first-order valence-corrected chi connectivity index (χ1v) is 4.36. The number of pyridine rings is 1. The van der Waals surface area contributed by atoms with E-state index in [0.29, 0.717) is 6.42 Å². The van der Waals surface area contributed by atoms with Crippen LogP contribution in [0.25, 0.3) is 0 Å². The number of rotatable bonds is 3. The predicted molar refractivity (Wildman–Crippen MR) is 50.8 cm³/mol. The van der Waals surface area contributed by atoms with E-state index in [9.17, 15) is 0 Å². The minimum Gasteiger partial charge on any atom is -0.322 e. The minimum absolute atomic E-state index is 0.249. The smallest absolute Gasteiger partial charge is 0.0642 e. The first-order chi connectivity index (χ1) is 6.29. The standard InChI is InChI=1S/C10H13N3/c1-2-8-4-3-7-13-10(8)9(12)5-6-11/h3-4,7,9H,2,5,12H2,1H3. The summed E-state index contributed by atoms with van der Waals surface area (Å²) in [4.78, 5) is 4.19. The molecule has 1 atom stereocenters. The topological polar surface area (TPSA) is 62.7 Å². The number of hydrogen-bond donors (Lipinski definition) is 1. The van der Waals surface area contributed by atoms with Gasteiger partial charge in [-0.2, -0.15) is 5.26 Å². The van der Waals surface area contributed by atoms with Crippen LogP contribution in [0.5, 0.6) is 0 Å². The maximum absolute atomic E-state index is 8.50. The fraction of sp³-hybridized carbons (Fsp3) is 0.400. The van der Waals surface area contributed by atoms with Gasteiger partial charge in [0, 0.05) is 6.20 Å². The molecule has 0 bridgehead atoms. The summed E-state index contributed by atoms with van der Waals surface area (Å²) in [5.41, 5.74) is 7.78. The van der Waals surface area contributed by atoms with E-state index in [-0.39, 0.29) is 6.04 Å². The zero-order valence-corrected chi connectivity index (χ0v) is 7.70. The Balaban J connectivity index is 2.93. The molecule has 0 aliphatic heterocycles. The third-order valence-electron chi connectivity index (χ3n) is 1.97. The zero-order chi connectivity index (χ0) is 9.68. The van der Waals surface area contributed by atoms with Gasteiger partial charge in [0.15, 0.2) is 0 Å². The summed E-state index contributed by atoms with van der Waals surface area (Å²) < 4.78 is 0. The van der Waals surface area contributed by atoms with Crippen LogP contribution in [0, 0.1) is 11.3 Å². The summed E-state index contributed by atoms with van der Waals surface area (Å²) in [6.45, 7) is 2.06. The molecule has 13 heavy (non-hydrogen) atoms. The highest BCUT2D eigenvalue weighted by Gasteiger charge is 2.10. The summed E-state index contributed by atoms with van der Waals surface area (Å²) in [6, 6.07) is 5.69. The largest absolute Gasteiger partial charge is 0.322 e. The van der Waals surface area contributed by atoms with Crippen LogP contribution in [0.1, 0.15) is 30.6 Å². The van der Waals surface area contributed by atoms with E-state index in [2.05, 4.69) is 18.0 Å².